The third kappa shape index (κ3) is 4.18. The highest BCUT2D eigenvalue weighted by Crippen LogP contribution is 2.36. The van der Waals surface area contributed by atoms with Crippen molar-refractivity contribution < 1.29 is 4.79 Å². The molecule has 1 aromatic carbocycles. The number of likely N-dealkylation sites (tertiary alicyclic amines) is 1. The third-order valence-corrected chi connectivity index (χ3v) is 6.95. The summed E-state index contributed by atoms with van der Waals surface area (Å²) in [4.78, 5) is 16.4. The molecule has 1 amide bonds. The van der Waals surface area contributed by atoms with Gasteiger partial charge in [0.15, 0.2) is 0 Å². The number of hydrogen-bond acceptors (Lipinski definition) is 3. The standard InChI is InChI=1S/C22H28N2OS/c25-21(16-24-13-12-17-7-4-5-10-19(17)15-24)23-22(20-11-6-14-26-20)18-8-2-1-3-9-18/h1-3,6,8-9,11,14,17,19,22H,4-5,7,10,12-13,15-16H2,(H,23,25)/t17-,19+,22-/m0/s1. The van der Waals surface area contributed by atoms with Gasteiger partial charge in [-0.15, -0.1) is 11.3 Å². The van der Waals surface area contributed by atoms with E-state index in [1.54, 1.807) is 11.3 Å². The van der Waals surface area contributed by atoms with Gasteiger partial charge in [-0.25, -0.2) is 0 Å². The van der Waals surface area contributed by atoms with E-state index >= 15 is 0 Å². The first-order valence-corrected chi connectivity index (χ1v) is 10.8. The summed E-state index contributed by atoms with van der Waals surface area (Å²) in [6.07, 6.45) is 6.80. The lowest BCUT2D eigenvalue weighted by molar-refractivity contribution is -0.123. The molecule has 2 fully saturated rings. The first kappa shape index (κ1) is 17.7. The average molecular weight is 369 g/mol. The molecular weight excluding hydrogens is 340 g/mol. The van der Waals surface area contributed by atoms with Crippen molar-refractivity contribution in [1.82, 2.24) is 10.2 Å². The van der Waals surface area contributed by atoms with Gasteiger partial charge in [0.25, 0.3) is 0 Å². The largest absolute Gasteiger partial charge is 0.343 e. The van der Waals surface area contributed by atoms with Crippen LogP contribution in [0.5, 0.6) is 0 Å². The van der Waals surface area contributed by atoms with Crippen molar-refractivity contribution in [2.24, 2.45) is 11.8 Å². The number of carbonyl (C=O) groups excluding carboxylic acids is 1. The molecule has 1 saturated heterocycles. The highest BCUT2D eigenvalue weighted by molar-refractivity contribution is 7.10. The van der Waals surface area contributed by atoms with E-state index in [-0.39, 0.29) is 11.9 Å². The molecule has 26 heavy (non-hydrogen) atoms. The topological polar surface area (TPSA) is 32.3 Å². The molecule has 0 spiro atoms. The van der Waals surface area contributed by atoms with E-state index in [1.165, 1.54) is 37.0 Å². The van der Waals surface area contributed by atoms with Crippen molar-refractivity contribution in [3.8, 4) is 0 Å². The fourth-order valence-corrected chi connectivity index (χ4v) is 5.45. The number of nitrogens with one attached hydrogen (secondary N) is 1. The molecular formula is C22H28N2OS. The van der Waals surface area contributed by atoms with Gasteiger partial charge in [-0.3, -0.25) is 9.69 Å². The number of hydrogen-bond donors (Lipinski definition) is 1. The zero-order valence-electron chi connectivity index (χ0n) is 15.3. The number of piperidine rings is 1. The molecule has 3 atom stereocenters. The van der Waals surface area contributed by atoms with Crippen molar-refractivity contribution in [2.75, 3.05) is 19.6 Å². The molecule has 2 aliphatic rings. The Morgan fingerprint density at radius 2 is 1.88 bits per heavy atom. The molecule has 138 valence electrons. The van der Waals surface area contributed by atoms with Crippen LogP contribution in [0.15, 0.2) is 47.8 Å². The van der Waals surface area contributed by atoms with Crippen LogP contribution in [0, 0.1) is 11.8 Å². The predicted octanol–water partition coefficient (Wildman–Crippen LogP) is 4.47. The Balaban J connectivity index is 1.39. The zero-order chi connectivity index (χ0) is 17.8. The van der Waals surface area contributed by atoms with E-state index in [2.05, 4.69) is 39.9 Å². The lowest BCUT2D eigenvalue weighted by atomic mass is 9.75. The Morgan fingerprint density at radius 1 is 1.08 bits per heavy atom. The van der Waals surface area contributed by atoms with Gasteiger partial charge in [0.05, 0.1) is 12.6 Å². The molecule has 1 N–H and O–H groups in total. The van der Waals surface area contributed by atoms with Gasteiger partial charge in [0.2, 0.25) is 5.91 Å². The normalized spacial score (nSPS) is 24.6. The quantitative estimate of drug-likeness (QED) is 0.845. The molecule has 1 aliphatic carbocycles. The predicted molar refractivity (Wildman–Crippen MR) is 107 cm³/mol. The number of benzene rings is 1. The number of amides is 1. The van der Waals surface area contributed by atoms with E-state index in [9.17, 15) is 4.79 Å². The molecule has 2 aromatic rings. The maximum Gasteiger partial charge on any atom is 0.234 e. The first-order chi connectivity index (χ1) is 12.8. The zero-order valence-corrected chi connectivity index (χ0v) is 16.1. The second-order valence-corrected chi connectivity index (χ2v) is 8.73. The van der Waals surface area contributed by atoms with E-state index in [0.717, 1.165) is 30.5 Å². The fraction of sp³-hybridized carbons (Fsp3) is 0.500. The molecule has 1 saturated carbocycles. The lowest BCUT2D eigenvalue weighted by Gasteiger charge is -2.41. The van der Waals surface area contributed by atoms with E-state index in [1.807, 2.05) is 18.2 Å². The molecule has 1 aromatic heterocycles. The second-order valence-electron chi connectivity index (χ2n) is 7.76. The van der Waals surface area contributed by atoms with Crippen LogP contribution in [-0.2, 0) is 4.79 Å². The first-order valence-electron chi connectivity index (χ1n) is 9.89. The van der Waals surface area contributed by atoms with Crippen LogP contribution in [0.4, 0.5) is 0 Å². The van der Waals surface area contributed by atoms with Gasteiger partial charge in [-0.2, -0.15) is 0 Å². The minimum atomic E-state index is -0.0454. The van der Waals surface area contributed by atoms with Crippen LogP contribution in [0.2, 0.25) is 0 Å². The number of fused-ring (bicyclic) bond motifs is 1. The molecule has 1 aliphatic heterocycles. The summed E-state index contributed by atoms with van der Waals surface area (Å²) < 4.78 is 0. The van der Waals surface area contributed by atoms with Crippen molar-refractivity contribution >= 4 is 17.2 Å². The van der Waals surface area contributed by atoms with Crippen LogP contribution in [-0.4, -0.2) is 30.4 Å². The molecule has 4 rings (SSSR count). The molecule has 0 bridgehead atoms. The Hall–Kier alpha value is -1.65. The second kappa shape index (κ2) is 8.36. The van der Waals surface area contributed by atoms with Crippen LogP contribution >= 0.6 is 11.3 Å². The van der Waals surface area contributed by atoms with Gasteiger partial charge >= 0.3 is 0 Å². The van der Waals surface area contributed by atoms with Crippen LogP contribution in [0.25, 0.3) is 0 Å². The Bertz CT molecular complexity index is 700. The summed E-state index contributed by atoms with van der Waals surface area (Å²) >= 11 is 1.70. The summed E-state index contributed by atoms with van der Waals surface area (Å²) in [5, 5.41) is 5.36. The van der Waals surface area contributed by atoms with Crippen molar-refractivity contribution in [1.29, 1.82) is 0 Å². The number of thiophene rings is 1. The highest BCUT2D eigenvalue weighted by atomic mass is 32.1. The van der Waals surface area contributed by atoms with Crippen molar-refractivity contribution in [3.63, 3.8) is 0 Å². The summed E-state index contributed by atoms with van der Waals surface area (Å²) in [5.74, 6) is 1.86. The number of rotatable bonds is 5. The maximum atomic E-state index is 12.8. The Kier molecular flexibility index (Phi) is 5.71. The van der Waals surface area contributed by atoms with Crippen molar-refractivity contribution in [3.05, 3.63) is 58.3 Å². The van der Waals surface area contributed by atoms with Crippen LogP contribution in [0.3, 0.4) is 0 Å². The smallest absolute Gasteiger partial charge is 0.234 e. The summed E-state index contributed by atoms with van der Waals surface area (Å²) in [7, 11) is 0. The number of carbonyl (C=O) groups is 1. The van der Waals surface area contributed by atoms with Gasteiger partial charge in [0.1, 0.15) is 0 Å². The Labute approximate surface area is 160 Å². The van der Waals surface area contributed by atoms with Crippen LogP contribution < -0.4 is 5.32 Å². The third-order valence-electron chi connectivity index (χ3n) is 6.01. The monoisotopic (exact) mass is 368 g/mol. The van der Waals surface area contributed by atoms with Gasteiger partial charge in [-0.1, -0.05) is 55.7 Å². The number of nitrogens with zero attached hydrogens (tertiary/aromatic N) is 1. The molecule has 4 heteroatoms. The Morgan fingerprint density at radius 3 is 2.65 bits per heavy atom. The summed E-state index contributed by atoms with van der Waals surface area (Å²) in [6, 6.07) is 14.4. The minimum absolute atomic E-state index is 0.0454. The van der Waals surface area contributed by atoms with Crippen LogP contribution in [0.1, 0.15) is 48.6 Å². The van der Waals surface area contributed by atoms with E-state index in [4.69, 9.17) is 0 Å². The summed E-state index contributed by atoms with van der Waals surface area (Å²) in [5.41, 5.74) is 1.15. The molecule has 0 unspecified atom stereocenters. The SMILES string of the molecule is O=C(CN1CC[C@@H]2CCCC[C@@H]2C1)N[C@@H](c1ccccc1)c1cccs1. The van der Waals surface area contributed by atoms with Crippen molar-refractivity contribution in [2.45, 2.75) is 38.1 Å². The maximum absolute atomic E-state index is 12.8. The molecule has 2 heterocycles. The fourth-order valence-electron chi connectivity index (χ4n) is 4.65. The average Bonchev–Trinajstić information content (AvgIpc) is 3.21. The molecule has 0 radical (unpaired) electrons. The lowest BCUT2D eigenvalue weighted by Crippen LogP contribution is -2.46. The van der Waals surface area contributed by atoms with Gasteiger partial charge in [0, 0.05) is 11.4 Å². The highest BCUT2D eigenvalue weighted by Gasteiger charge is 2.32. The van der Waals surface area contributed by atoms with E-state index < -0.39 is 0 Å². The molecule has 3 nitrogen and oxygen atoms in total. The minimum Gasteiger partial charge on any atom is -0.343 e. The van der Waals surface area contributed by atoms with E-state index in [0.29, 0.717) is 6.54 Å². The van der Waals surface area contributed by atoms with Gasteiger partial charge < -0.3 is 5.32 Å². The van der Waals surface area contributed by atoms with Gasteiger partial charge in [-0.05, 0) is 48.2 Å². The summed E-state index contributed by atoms with van der Waals surface area (Å²) in [6.45, 7) is 2.70.